The van der Waals surface area contributed by atoms with Crippen molar-refractivity contribution in [1.29, 1.82) is 0 Å². The zero-order chi connectivity index (χ0) is 21.8. The summed E-state index contributed by atoms with van der Waals surface area (Å²) < 4.78 is 10.8. The minimum atomic E-state index is -0.430. The Bertz CT molecular complexity index is 891. The molecule has 2 aromatic carbocycles. The van der Waals surface area contributed by atoms with Crippen LogP contribution in [0, 0.1) is 10.1 Å². The van der Waals surface area contributed by atoms with Gasteiger partial charge in [-0.2, -0.15) is 0 Å². The number of rotatable bonds is 12. The van der Waals surface area contributed by atoms with Crippen molar-refractivity contribution in [2.45, 2.75) is 32.6 Å². The van der Waals surface area contributed by atoms with E-state index in [9.17, 15) is 14.9 Å². The average Bonchev–Trinajstić information content (AvgIpc) is 2.74. The highest BCUT2D eigenvalue weighted by Crippen LogP contribution is 2.20. The van der Waals surface area contributed by atoms with Gasteiger partial charge in [-0.05, 0) is 62.4 Å². The van der Waals surface area contributed by atoms with Gasteiger partial charge in [0.15, 0.2) is 0 Å². The second kappa shape index (κ2) is 12.2. The van der Waals surface area contributed by atoms with Gasteiger partial charge in [-0.25, -0.2) is 4.79 Å². The maximum absolute atomic E-state index is 11.3. The Kier molecular flexibility index (Phi) is 9.24. The van der Waals surface area contributed by atoms with E-state index in [1.807, 2.05) is 24.3 Å². The molecule has 0 amide bonds. The number of carbonyl (C=O) groups is 1. The SMILES string of the molecule is C=C(C)C(=O)OCCCCCCOc1cccc(N=Cc2ccc([N+](=O)[O-])cc2)c1. The van der Waals surface area contributed by atoms with Crippen LogP contribution in [0.1, 0.15) is 38.2 Å². The van der Waals surface area contributed by atoms with E-state index in [2.05, 4.69) is 11.6 Å². The van der Waals surface area contributed by atoms with E-state index in [0.29, 0.717) is 18.8 Å². The molecule has 0 heterocycles. The van der Waals surface area contributed by atoms with Gasteiger partial charge < -0.3 is 9.47 Å². The molecule has 0 saturated heterocycles. The standard InChI is InChI=1S/C23H26N2O5/c1-18(2)23(26)30-15-6-4-3-5-14-29-22-9-7-8-20(16-22)24-17-19-10-12-21(13-11-19)25(27)28/h7-13,16-17H,1,3-6,14-15H2,2H3. The highest BCUT2D eigenvalue weighted by molar-refractivity contribution is 5.86. The molecule has 2 aromatic rings. The number of esters is 1. The van der Waals surface area contributed by atoms with Crippen LogP contribution in [0.5, 0.6) is 5.75 Å². The predicted octanol–water partition coefficient (Wildman–Crippen LogP) is 5.40. The number of hydrogen-bond donors (Lipinski definition) is 0. The molecule has 0 saturated carbocycles. The molecule has 0 aliphatic carbocycles. The summed E-state index contributed by atoms with van der Waals surface area (Å²) in [5.41, 5.74) is 1.99. The first-order chi connectivity index (χ1) is 14.5. The molecule has 0 atom stereocenters. The molecule has 0 unspecified atom stereocenters. The van der Waals surface area contributed by atoms with Gasteiger partial charge in [0.1, 0.15) is 5.75 Å². The molecule has 7 nitrogen and oxygen atoms in total. The van der Waals surface area contributed by atoms with E-state index in [1.165, 1.54) is 12.1 Å². The molecule has 0 fully saturated rings. The monoisotopic (exact) mass is 410 g/mol. The Morgan fingerprint density at radius 2 is 1.80 bits per heavy atom. The van der Waals surface area contributed by atoms with Crippen LogP contribution in [-0.4, -0.2) is 30.3 Å². The Labute approximate surface area is 176 Å². The lowest BCUT2D eigenvalue weighted by Crippen LogP contribution is -2.06. The lowest BCUT2D eigenvalue weighted by atomic mass is 10.2. The van der Waals surface area contributed by atoms with Crippen LogP contribution >= 0.6 is 0 Å². The van der Waals surface area contributed by atoms with Gasteiger partial charge >= 0.3 is 5.97 Å². The molecule has 0 aliphatic heterocycles. The van der Waals surface area contributed by atoms with Crippen molar-refractivity contribution in [3.63, 3.8) is 0 Å². The fourth-order valence-corrected chi connectivity index (χ4v) is 2.52. The van der Waals surface area contributed by atoms with Crippen molar-refractivity contribution in [1.82, 2.24) is 0 Å². The number of benzene rings is 2. The van der Waals surface area contributed by atoms with Gasteiger partial charge in [-0.1, -0.05) is 12.6 Å². The van der Waals surface area contributed by atoms with Gasteiger partial charge in [0.2, 0.25) is 0 Å². The highest BCUT2D eigenvalue weighted by Gasteiger charge is 2.03. The number of carbonyl (C=O) groups excluding carboxylic acids is 1. The van der Waals surface area contributed by atoms with E-state index >= 15 is 0 Å². The molecular formula is C23H26N2O5. The number of nitrogens with zero attached hydrogens (tertiary/aromatic N) is 2. The second-order valence-electron chi connectivity index (χ2n) is 6.78. The van der Waals surface area contributed by atoms with Crippen LogP contribution < -0.4 is 4.74 Å². The summed E-state index contributed by atoms with van der Waals surface area (Å²) in [5, 5.41) is 10.7. The van der Waals surface area contributed by atoms with Gasteiger partial charge in [0.05, 0.1) is 23.8 Å². The average molecular weight is 410 g/mol. The molecule has 0 aliphatic rings. The summed E-state index contributed by atoms with van der Waals surface area (Å²) in [7, 11) is 0. The summed E-state index contributed by atoms with van der Waals surface area (Å²) in [5.74, 6) is 0.401. The van der Waals surface area contributed by atoms with Crippen molar-refractivity contribution in [3.05, 3.63) is 76.4 Å². The van der Waals surface area contributed by atoms with Crippen LogP contribution in [-0.2, 0) is 9.53 Å². The smallest absolute Gasteiger partial charge is 0.333 e. The van der Waals surface area contributed by atoms with E-state index in [1.54, 1.807) is 25.3 Å². The minimum Gasteiger partial charge on any atom is -0.494 e. The van der Waals surface area contributed by atoms with Crippen LogP contribution in [0.15, 0.2) is 65.7 Å². The number of non-ortho nitro benzene ring substituents is 1. The quantitative estimate of drug-likeness (QED) is 0.117. The van der Waals surface area contributed by atoms with E-state index in [-0.39, 0.29) is 11.7 Å². The predicted molar refractivity (Wildman–Crippen MR) is 117 cm³/mol. The molecule has 0 aromatic heterocycles. The normalized spacial score (nSPS) is 10.7. The van der Waals surface area contributed by atoms with Crippen LogP contribution in [0.3, 0.4) is 0 Å². The van der Waals surface area contributed by atoms with Crippen LogP contribution in [0.25, 0.3) is 0 Å². The Morgan fingerprint density at radius 1 is 1.10 bits per heavy atom. The molecule has 7 heteroatoms. The molecule has 0 bridgehead atoms. The molecule has 0 N–H and O–H groups in total. The molecule has 0 radical (unpaired) electrons. The fraction of sp³-hybridized carbons (Fsp3) is 0.304. The van der Waals surface area contributed by atoms with Crippen molar-refractivity contribution in [2.24, 2.45) is 4.99 Å². The van der Waals surface area contributed by atoms with Crippen molar-refractivity contribution < 1.29 is 19.2 Å². The van der Waals surface area contributed by atoms with Gasteiger partial charge in [-0.3, -0.25) is 15.1 Å². The van der Waals surface area contributed by atoms with Gasteiger partial charge in [-0.15, -0.1) is 0 Å². The zero-order valence-corrected chi connectivity index (χ0v) is 17.1. The van der Waals surface area contributed by atoms with E-state index in [4.69, 9.17) is 9.47 Å². The highest BCUT2D eigenvalue weighted by atomic mass is 16.6. The zero-order valence-electron chi connectivity index (χ0n) is 17.1. The molecule has 158 valence electrons. The summed E-state index contributed by atoms with van der Waals surface area (Å²) in [4.78, 5) is 25.9. The lowest BCUT2D eigenvalue weighted by molar-refractivity contribution is -0.384. The number of aliphatic imine (C=N–C) groups is 1. The number of nitro benzene ring substituents is 1. The molecule has 30 heavy (non-hydrogen) atoms. The minimum absolute atomic E-state index is 0.0513. The van der Waals surface area contributed by atoms with Gasteiger partial charge in [0, 0.05) is 30.0 Å². The first-order valence-electron chi connectivity index (χ1n) is 9.80. The van der Waals surface area contributed by atoms with Crippen molar-refractivity contribution >= 4 is 23.6 Å². The number of unbranched alkanes of at least 4 members (excludes halogenated alkanes) is 3. The first kappa shape index (κ1) is 22.8. The van der Waals surface area contributed by atoms with Crippen LogP contribution in [0.2, 0.25) is 0 Å². The Morgan fingerprint density at radius 3 is 2.47 bits per heavy atom. The first-order valence-corrected chi connectivity index (χ1v) is 9.80. The maximum atomic E-state index is 11.3. The molecular weight excluding hydrogens is 384 g/mol. The Hall–Kier alpha value is -3.48. The fourth-order valence-electron chi connectivity index (χ4n) is 2.52. The lowest BCUT2D eigenvalue weighted by Gasteiger charge is -2.07. The number of hydrogen-bond acceptors (Lipinski definition) is 6. The number of nitro groups is 1. The summed E-state index contributed by atoms with van der Waals surface area (Å²) in [6, 6.07) is 13.7. The van der Waals surface area contributed by atoms with Crippen molar-refractivity contribution in [3.8, 4) is 5.75 Å². The van der Waals surface area contributed by atoms with E-state index in [0.717, 1.165) is 42.7 Å². The third kappa shape index (κ3) is 8.26. The summed E-state index contributed by atoms with van der Waals surface area (Å²) in [6.07, 6.45) is 5.34. The molecule has 2 rings (SSSR count). The van der Waals surface area contributed by atoms with E-state index < -0.39 is 4.92 Å². The Balaban J connectivity index is 1.69. The maximum Gasteiger partial charge on any atom is 0.333 e. The topological polar surface area (TPSA) is 91.0 Å². The molecule has 0 spiro atoms. The number of ether oxygens (including phenoxy) is 2. The van der Waals surface area contributed by atoms with Crippen LogP contribution in [0.4, 0.5) is 11.4 Å². The van der Waals surface area contributed by atoms with Gasteiger partial charge in [0.25, 0.3) is 5.69 Å². The van der Waals surface area contributed by atoms with Crippen molar-refractivity contribution in [2.75, 3.05) is 13.2 Å². The second-order valence-corrected chi connectivity index (χ2v) is 6.78. The largest absolute Gasteiger partial charge is 0.494 e. The summed E-state index contributed by atoms with van der Waals surface area (Å²) >= 11 is 0. The third-order valence-corrected chi connectivity index (χ3v) is 4.17. The third-order valence-electron chi connectivity index (χ3n) is 4.17. The summed E-state index contributed by atoms with van der Waals surface area (Å²) in [6.45, 7) is 6.19.